The van der Waals surface area contributed by atoms with E-state index in [1.165, 1.54) is 0 Å². The van der Waals surface area contributed by atoms with Crippen LogP contribution in [0.25, 0.3) is 0 Å². The fraction of sp³-hybridized carbons (Fsp3) is 0.308. The van der Waals surface area contributed by atoms with Gasteiger partial charge in [0.15, 0.2) is 0 Å². The molecule has 14 heavy (non-hydrogen) atoms. The van der Waals surface area contributed by atoms with Crippen LogP contribution in [0.5, 0.6) is 0 Å². The van der Waals surface area contributed by atoms with E-state index >= 15 is 0 Å². The van der Waals surface area contributed by atoms with Crippen molar-refractivity contribution in [3.05, 3.63) is 47.6 Å². The molecule has 0 amide bonds. The minimum absolute atomic E-state index is 0.545. The maximum Gasteiger partial charge on any atom is 0.0357 e. The largest absolute Gasteiger partial charge is 0.305 e. The van der Waals surface area contributed by atoms with Gasteiger partial charge >= 0.3 is 0 Å². The van der Waals surface area contributed by atoms with Gasteiger partial charge in [-0.2, -0.15) is 0 Å². The average molecular weight is 189 g/mol. The summed E-state index contributed by atoms with van der Waals surface area (Å²) in [5.41, 5.74) is 4.53. The highest BCUT2D eigenvalue weighted by Gasteiger charge is 1.98. The first-order chi connectivity index (χ1) is 6.36. The summed E-state index contributed by atoms with van der Waals surface area (Å²) in [6, 6.07) is 0. The summed E-state index contributed by atoms with van der Waals surface area (Å²) >= 11 is 0. The Balaban J connectivity index is 4.96. The predicted molar refractivity (Wildman–Crippen MR) is 64.9 cm³/mol. The number of hydrogen-bond donors (Lipinski definition) is 1. The first-order valence-electron chi connectivity index (χ1n) is 4.62. The molecule has 0 spiro atoms. The Kier molecular flexibility index (Phi) is 4.85. The summed E-state index contributed by atoms with van der Waals surface area (Å²) in [6.07, 6.45) is 3.90. The van der Waals surface area contributed by atoms with Crippen molar-refractivity contribution in [1.29, 1.82) is 5.41 Å². The van der Waals surface area contributed by atoms with Crippen LogP contribution in [0.3, 0.4) is 0 Å². The van der Waals surface area contributed by atoms with E-state index in [1.807, 2.05) is 32.9 Å². The SMILES string of the molecule is C=C(C)C(C)=CC=C(C(=C)C)C(C)=N. The highest BCUT2D eigenvalue weighted by Crippen LogP contribution is 2.11. The zero-order valence-corrected chi connectivity index (χ0v) is 9.57. The second-order valence-corrected chi connectivity index (χ2v) is 3.62. The Morgan fingerprint density at radius 3 is 1.71 bits per heavy atom. The molecule has 76 valence electrons. The highest BCUT2D eigenvalue weighted by atomic mass is 14.4. The molecule has 0 aliphatic carbocycles. The van der Waals surface area contributed by atoms with Crippen molar-refractivity contribution < 1.29 is 0 Å². The van der Waals surface area contributed by atoms with Gasteiger partial charge in [-0.3, -0.25) is 0 Å². The average Bonchev–Trinajstić information content (AvgIpc) is 2.02. The van der Waals surface area contributed by atoms with Gasteiger partial charge in [0.25, 0.3) is 0 Å². The Bertz CT molecular complexity index is 311. The summed E-state index contributed by atoms with van der Waals surface area (Å²) < 4.78 is 0. The number of nitrogens with one attached hydrogen (secondary N) is 1. The number of hydrogen-bond acceptors (Lipinski definition) is 1. The van der Waals surface area contributed by atoms with Crippen LogP contribution in [-0.2, 0) is 0 Å². The van der Waals surface area contributed by atoms with E-state index in [0.717, 1.165) is 22.3 Å². The fourth-order valence-corrected chi connectivity index (χ4v) is 0.938. The lowest BCUT2D eigenvalue weighted by atomic mass is 10.0. The summed E-state index contributed by atoms with van der Waals surface area (Å²) in [5.74, 6) is 0. The normalized spacial score (nSPS) is 12.6. The van der Waals surface area contributed by atoms with Crippen molar-refractivity contribution >= 4 is 5.71 Å². The molecule has 0 radical (unpaired) electrons. The summed E-state index contributed by atoms with van der Waals surface area (Å²) in [7, 11) is 0. The van der Waals surface area contributed by atoms with Gasteiger partial charge in [0, 0.05) is 5.71 Å². The molecule has 1 nitrogen and oxygen atoms in total. The Hall–Kier alpha value is -1.37. The fourth-order valence-electron chi connectivity index (χ4n) is 0.938. The third kappa shape index (κ3) is 4.04. The molecule has 0 aliphatic heterocycles. The quantitative estimate of drug-likeness (QED) is 0.509. The molecule has 0 aliphatic rings. The molecule has 0 fully saturated rings. The molecular weight excluding hydrogens is 170 g/mol. The van der Waals surface area contributed by atoms with Crippen molar-refractivity contribution in [2.45, 2.75) is 27.7 Å². The van der Waals surface area contributed by atoms with E-state index < -0.39 is 0 Å². The number of rotatable bonds is 4. The van der Waals surface area contributed by atoms with Crippen LogP contribution < -0.4 is 0 Å². The summed E-state index contributed by atoms with van der Waals surface area (Å²) in [4.78, 5) is 0. The van der Waals surface area contributed by atoms with E-state index in [4.69, 9.17) is 5.41 Å². The zero-order chi connectivity index (χ0) is 11.3. The van der Waals surface area contributed by atoms with Crippen molar-refractivity contribution in [3.63, 3.8) is 0 Å². The van der Waals surface area contributed by atoms with Crippen LogP contribution in [0.2, 0.25) is 0 Å². The zero-order valence-electron chi connectivity index (χ0n) is 9.57. The van der Waals surface area contributed by atoms with Crippen molar-refractivity contribution in [1.82, 2.24) is 0 Å². The Morgan fingerprint density at radius 1 is 0.929 bits per heavy atom. The first-order valence-corrected chi connectivity index (χ1v) is 4.62. The van der Waals surface area contributed by atoms with Crippen LogP contribution in [0.4, 0.5) is 0 Å². The van der Waals surface area contributed by atoms with Crippen molar-refractivity contribution in [2.75, 3.05) is 0 Å². The smallest absolute Gasteiger partial charge is 0.0357 e. The van der Waals surface area contributed by atoms with Crippen molar-refractivity contribution in [2.24, 2.45) is 0 Å². The lowest BCUT2D eigenvalue weighted by molar-refractivity contribution is 1.35. The van der Waals surface area contributed by atoms with Gasteiger partial charge in [-0.1, -0.05) is 30.9 Å². The van der Waals surface area contributed by atoms with E-state index in [1.54, 1.807) is 6.92 Å². The molecule has 0 aromatic rings. The highest BCUT2D eigenvalue weighted by molar-refractivity contribution is 5.99. The predicted octanol–water partition coefficient (Wildman–Crippen LogP) is 4.05. The third-order valence-electron chi connectivity index (χ3n) is 2.04. The van der Waals surface area contributed by atoms with Gasteiger partial charge in [0.2, 0.25) is 0 Å². The number of allylic oxidation sites excluding steroid dienone is 6. The van der Waals surface area contributed by atoms with E-state index in [0.29, 0.717) is 5.71 Å². The van der Waals surface area contributed by atoms with Gasteiger partial charge < -0.3 is 5.41 Å². The second kappa shape index (κ2) is 5.38. The van der Waals surface area contributed by atoms with Gasteiger partial charge in [-0.25, -0.2) is 0 Å². The maximum atomic E-state index is 7.55. The third-order valence-corrected chi connectivity index (χ3v) is 2.04. The van der Waals surface area contributed by atoms with E-state index in [9.17, 15) is 0 Å². The van der Waals surface area contributed by atoms with Crippen LogP contribution in [0.15, 0.2) is 47.6 Å². The minimum atomic E-state index is 0.545. The van der Waals surface area contributed by atoms with E-state index in [-0.39, 0.29) is 0 Å². The van der Waals surface area contributed by atoms with Crippen LogP contribution in [0, 0.1) is 5.41 Å². The standard InChI is InChI=1S/C13H19N/c1-9(2)11(5)7-8-13(10(3)4)12(6)14/h7-8,14H,1,3H2,2,4-6H3. The second-order valence-electron chi connectivity index (χ2n) is 3.62. The minimum Gasteiger partial charge on any atom is -0.305 e. The monoisotopic (exact) mass is 189 g/mol. The summed E-state index contributed by atoms with van der Waals surface area (Å²) in [5, 5.41) is 7.55. The van der Waals surface area contributed by atoms with Crippen LogP contribution >= 0.6 is 0 Å². The molecule has 0 aromatic heterocycles. The lowest BCUT2D eigenvalue weighted by Crippen LogP contribution is -1.95. The topological polar surface area (TPSA) is 23.9 Å². The molecule has 1 heteroatoms. The van der Waals surface area contributed by atoms with Gasteiger partial charge in [0.05, 0.1) is 0 Å². The molecule has 0 rings (SSSR count). The van der Waals surface area contributed by atoms with Gasteiger partial charge in [-0.15, -0.1) is 0 Å². The molecular formula is C13H19N. The van der Waals surface area contributed by atoms with Crippen molar-refractivity contribution in [3.8, 4) is 0 Å². The van der Waals surface area contributed by atoms with Gasteiger partial charge in [0.1, 0.15) is 0 Å². The molecule has 0 atom stereocenters. The molecule has 0 bridgehead atoms. The molecule has 0 aromatic carbocycles. The van der Waals surface area contributed by atoms with Crippen LogP contribution in [-0.4, -0.2) is 5.71 Å². The molecule has 0 unspecified atom stereocenters. The summed E-state index contributed by atoms with van der Waals surface area (Å²) in [6.45, 7) is 15.3. The van der Waals surface area contributed by atoms with Gasteiger partial charge in [-0.05, 0) is 44.4 Å². The first kappa shape index (κ1) is 12.6. The molecule has 0 heterocycles. The van der Waals surface area contributed by atoms with E-state index in [2.05, 4.69) is 13.2 Å². The molecule has 0 saturated heterocycles. The van der Waals surface area contributed by atoms with Crippen LogP contribution in [0.1, 0.15) is 27.7 Å². The Morgan fingerprint density at radius 2 is 1.43 bits per heavy atom. The maximum absolute atomic E-state index is 7.55. The molecule has 0 saturated carbocycles. The Labute approximate surface area is 87.0 Å². The molecule has 1 N–H and O–H groups in total. The lowest BCUT2D eigenvalue weighted by Gasteiger charge is -2.03.